The summed E-state index contributed by atoms with van der Waals surface area (Å²) < 4.78 is 0. The minimum atomic E-state index is -0.786. The molecule has 11 heteroatoms. The molecule has 3 atom stereocenters. The van der Waals surface area contributed by atoms with Gasteiger partial charge in [0.15, 0.2) is 0 Å². The second-order valence-electron chi connectivity index (χ2n) is 9.45. The highest BCUT2D eigenvalue weighted by Crippen LogP contribution is 2.10. The van der Waals surface area contributed by atoms with E-state index >= 15 is 0 Å². The van der Waals surface area contributed by atoms with E-state index in [2.05, 4.69) is 27.4 Å². The van der Waals surface area contributed by atoms with Crippen molar-refractivity contribution in [3.05, 3.63) is 48.3 Å². The Balaban J connectivity index is 5.09. The molecule has 0 spiro atoms. The fraction of sp³-hybridized carbons (Fsp3) is 0.607. The zero-order valence-electron chi connectivity index (χ0n) is 24.0. The first-order chi connectivity index (χ1) is 18.6. The monoisotopic (exact) mass is 549 g/mol. The molecule has 3 amide bonds. The van der Waals surface area contributed by atoms with Crippen LogP contribution in [-0.2, 0) is 14.4 Å². The first-order valence-electron chi connectivity index (χ1n) is 13.6. The van der Waals surface area contributed by atoms with Crippen LogP contribution < -0.4 is 33.2 Å². The molecule has 10 N–H and O–H groups in total. The quantitative estimate of drug-likeness (QED) is 0.0615. The summed E-state index contributed by atoms with van der Waals surface area (Å²) in [4.78, 5) is 39.5. The summed E-state index contributed by atoms with van der Waals surface area (Å²) in [6, 6.07) is -1.47. The van der Waals surface area contributed by atoms with E-state index in [1.165, 1.54) is 0 Å². The van der Waals surface area contributed by atoms with Crippen molar-refractivity contribution >= 4 is 17.7 Å². The predicted octanol–water partition coefficient (Wildman–Crippen LogP) is 0.597. The smallest absolute Gasteiger partial charge is 0.242 e. The lowest BCUT2D eigenvalue weighted by Gasteiger charge is -2.23. The van der Waals surface area contributed by atoms with Crippen LogP contribution in [0.4, 0.5) is 0 Å². The zero-order valence-corrected chi connectivity index (χ0v) is 24.0. The minimum Gasteiger partial charge on any atom is -0.512 e. The van der Waals surface area contributed by atoms with Gasteiger partial charge in [-0.25, -0.2) is 0 Å². The summed E-state index contributed by atoms with van der Waals surface area (Å²) in [5.74, 6) is -0.923. The fourth-order valence-electron chi connectivity index (χ4n) is 3.53. The highest BCUT2D eigenvalue weighted by Gasteiger charge is 2.23. The molecule has 11 nitrogen and oxygen atoms in total. The average molecular weight is 550 g/mol. The van der Waals surface area contributed by atoms with Gasteiger partial charge in [0.25, 0.3) is 0 Å². The van der Waals surface area contributed by atoms with E-state index in [4.69, 9.17) is 17.2 Å². The number of carbonyl (C=O) groups is 3. The summed E-state index contributed by atoms with van der Waals surface area (Å²) >= 11 is 0. The van der Waals surface area contributed by atoms with Crippen molar-refractivity contribution in [1.82, 2.24) is 20.9 Å². The Hall–Kier alpha value is -2.99. The number of hydrogen-bond acceptors (Lipinski definition) is 8. The van der Waals surface area contributed by atoms with Gasteiger partial charge in [0.2, 0.25) is 17.7 Å². The third kappa shape index (κ3) is 17.3. The molecule has 0 aliphatic carbocycles. The molecule has 3 unspecified atom stereocenters. The largest absolute Gasteiger partial charge is 0.512 e. The molecule has 39 heavy (non-hydrogen) atoms. The molecule has 0 aromatic heterocycles. The van der Waals surface area contributed by atoms with Gasteiger partial charge in [0.05, 0.1) is 18.3 Å². The lowest BCUT2D eigenvalue weighted by atomic mass is 10.00. The summed E-state index contributed by atoms with van der Waals surface area (Å²) in [6.45, 7) is 12.2. The molecule has 0 heterocycles. The highest BCUT2D eigenvalue weighted by atomic mass is 16.3. The maximum atomic E-state index is 13.0. The van der Waals surface area contributed by atoms with Crippen molar-refractivity contribution < 1.29 is 19.5 Å². The van der Waals surface area contributed by atoms with Gasteiger partial charge in [0.1, 0.15) is 6.04 Å². The molecule has 0 saturated heterocycles. The highest BCUT2D eigenvalue weighted by molar-refractivity contribution is 5.91. The van der Waals surface area contributed by atoms with E-state index < -0.39 is 23.9 Å². The van der Waals surface area contributed by atoms with Crippen LogP contribution in [0.5, 0.6) is 0 Å². The Morgan fingerprint density at radius 3 is 2.28 bits per heavy atom. The maximum Gasteiger partial charge on any atom is 0.242 e. The molecule has 0 saturated carbocycles. The molecule has 0 aliphatic heterocycles. The van der Waals surface area contributed by atoms with Crippen molar-refractivity contribution in [2.75, 3.05) is 45.8 Å². The summed E-state index contributed by atoms with van der Waals surface area (Å²) in [7, 11) is 0. The third-order valence-corrected chi connectivity index (χ3v) is 6.05. The van der Waals surface area contributed by atoms with Crippen LogP contribution in [0.2, 0.25) is 0 Å². The fourth-order valence-corrected chi connectivity index (χ4v) is 3.53. The van der Waals surface area contributed by atoms with Crippen molar-refractivity contribution in [2.45, 2.75) is 58.5 Å². The SMILES string of the molecule is C=C/C(C)=C(/O)C/C=C\C/C=C/C(C)CC(NC(=O)CNC(=O)C(N)CC)C(=O)NCCN(CCN)CCN. The maximum absolute atomic E-state index is 13.0. The van der Waals surface area contributed by atoms with Gasteiger partial charge in [-0.05, 0) is 37.7 Å². The second kappa shape index (κ2) is 21.9. The van der Waals surface area contributed by atoms with Crippen molar-refractivity contribution in [1.29, 1.82) is 0 Å². The Morgan fingerprint density at radius 2 is 1.69 bits per heavy atom. The van der Waals surface area contributed by atoms with Crippen LogP contribution in [0.1, 0.15) is 46.5 Å². The minimum absolute atomic E-state index is 0.0140. The van der Waals surface area contributed by atoms with Crippen LogP contribution in [0.25, 0.3) is 0 Å². The number of aliphatic hydroxyl groups is 1. The molecule has 0 radical (unpaired) electrons. The molecule has 0 aliphatic rings. The van der Waals surface area contributed by atoms with Gasteiger partial charge in [-0.15, -0.1) is 0 Å². The number of carbonyl (C=O) groups excluding carboxylic acids is 3. The molecule has 0 fully saturated rings. The Kier molecular flexibility index (Phi) is 20.2. The molecule has 222 valence electrons. The average Bonchev–Trinajstić information content (AvgIpc) is 2.92. The lowest BCUT2D eigenvalue weighted by molar-refractivity contribution is -0.130. The predicted molar refractivity (Wildman–Crippen MR) is 158 cm³/mol. The van der Waals surface area contributed by atoms with Gasteiger partial charge in [-0.2, -0.15) is 0 Å². The summed E-state index contributed by atoms with van der Waals surface area (Å²) in [5, 5.41) is 18.0. The molecular formula is C28H51N7O4. The summed E-state index contributed by atoms with van der Waals surface area (Å²) in [6.07, 6.45) is 11.3. The van der Waals surface area contributed by atoms with E-state index in [0.717, 1.165) is 5.57 Å². The van der Waals surface area contributed by atoms with E-state index in [1.807, 2.05) is 31.2 Å². The molecule has 0 rings (SSSR count). The standard InChI is InChI=1S/C28H51N7O4/c1-5-22(4)25(36)12-10-8-7-9-11-21(3)19-24(34-26(37)20-33-27(38)23(31)6-2)28(39)32-15-18-35(16-13-29)17-14-30/h5,8-11,21,23-24,36H,1,6-7,12-20,29-31H2,2-4H3,(H,32,39)(H,33,38)(H,34,37)/b10-8-,11-9+,25-22+. The number of aliphatic hydroxyl groups excluding tert-OH is 1. The van der Waals surface area contributed by atoms with Gasteiger partial charge >= 0.3 is 0 Å². The third-order valence-electron chi connectivity index (χ3n) is 6.05. The number of amides is 3. The summed E-state index contributed by atoms with van der Waals surface area (Å²) in [5.41, 5.74) is 17.7. The molecule has 0 bridgehead atoms. The van der Waals surface area contributed by atoms with Crippen molar-refractivity contribution in [2.24, 2.45) is 23.1 Å². The Morgan fingerprint density at radius 1 is 1.03 bits per heavy atom. The van der Waals surface area contributed by atoms with Gasteiger partial charge in [-0.1, -0.05) is 50.8 Å². The molecule has 0 aromatic rings. The number of allylic oxidation sites excluding steroid dienone is 6. The number of nitrogens with one attached hydrogen (secondary N) is 3. The topological polar surface area (TPSA) is 189 Å². The lowest BCUT2D eigenvalue weighted by Crippen LogP contribution is -2.52. The Labute approximate surface area is 234 Å². The van der Waals surface area contributed by atoms with Gasteiger partial charge < -0.3 is 38.3 Å². The van der Waals surface area contributed by atoms with Crippen LogP contribution in [-0.4, -0.2) is 85.6 Å². The van der Waals surface area contributed by atoms with Crippen LogP contribution >= 0.6 is 0 Å². The van der Waals surface area contributed by atoms with Crippen molar-refractivity contribution in [3.63, 3.8) is 0 Å². The van der Waals surface area contributed by atoms with Gasteiger partial charge in [-0.3, -0.25) is 19.3 Å². The molecular weight excluding hydrogens is 498 g/mol. The van der Waals surface area contributed by atoms with E-state index in [0.29, 0.717) is 65.0 Å². The van der Waals surface area contributed by atoms with E-state index in [9.17, 15) is 19.5 Å². The number of hydrogen-bond donors (Lipinski definition) is 7. The normalized spacial score (nSPS) is 14.6. The van der Waals surface area contributed by atoms with Crippen LogP contribution in [0, 0.1) is 5.92 Å². The van der Waals surface area contributed by atoms with Gasteiger partial charge in [0, 0.05) is 45.7 Å². The first kappa shape index (κ1) is 36.0. The second-order valence-corrected chi connectivity index (χ2v) is 9.45. The van der Waals surface area contributed by atoms with E-state index in [1.54, 1.807) is 19.9 Å². The zero-order chi connectivity index (χ0) is 29.6. The van der Waals surface area contributed by atoms with Crippen molar-refractivity contribution in [3.8, 4) is 0 Å². The first-order valence-corrected chi connectivity index (χ1v) is 13.6. The Bertz CT molecular complexity index is 836. The molecule has 0 aromatic carbocycles. The number of rotatable bonds is 21. The number of nitrogens with zero attached hydrogens (tertiary/aromatic N) is 1. The van der Waals surface area contributed by atoms with Crippen LogP contribution in [0.3, 0.4) is 0 Å². The number of nitrogens with two attached hydrogens (primary N) is 3. The van der Waals surface area contributed by atoms with E-state index in [-0.39, 0.29) is 24.1 Å². The van der Waals surface area contributed by atoms with Crippen LogP contribution in [0.15, 0.2) is 48.3 Å².